The Morgan fingerprint density at radius 1 is 1.28 bits per heavy atom. The van der Waals surface area contributed by atoms with Crippen LogP contribution >= 0.6 is 39.7 Å². The number of hydrogen-bond acceptors (Lipinski definition) is 3. The second-order valence-electron chi connectivity index (χ2n) is 5.76. The van der Waals surface area contributed by atoms with E-state index in [1.165, 1.54) is 0 Å². The average Bonchev–Trinajstić information content (AvgIpc) is 2.53. The van der Waals surface area contributed by atoms with Crippen LogP contribution in [0.15, 0.2) is 46.9 Å². The third-order valence-electron chi connectivity index (χ3n) is 3.07. The Hall–Kier alpha value is -1.63. The van der Waals surface area contributed by atoms with Gasteiger partial charge in [0.25, 0.3) is 5.91 Å². The zero-order valence-corrected chi connectivity index (χ0v) is 17.0. The minimum absolute atomic E-state index is 0.182. The molecule has 0 saturated carbocycles. The van der Waals surface area contributed by atoms with Crippen LogP contribution in [-0.2, 0) is 0 Å². The summed E-state index contributed by atoms with van der Waals surface area (Å²) >= 11 is 14.5. The molecule has 132 valence electrons. The number of carbonyl (C=O) groups is 1. The first kappa shape index (κ1) is 19.7. The quantitative estimate of drug-likeness (QED) is 0.621. The number of nitrogens with one attached hydrogen (secondary N) is 2. The van der Waals surface area contributed by atoms with Gasteiger partial charge >= 0.3 is 0 Å². The van der Waals surface area contributed by atoms with Gasteiger partial charge < -0.3 is 10.1 Å². The Labute approximate surface area is 166 Å². The van der Waals surface area contributed by atoms with E-state index >= 15 is 0 Å². The Morgan fingerprint density at radius 3 is 2.72 bits per heavy atom. The predicted octanol–water partition coefficient (Wildman–Crippen LogP) is 5.26. The molecule has 0 heterocycles. The van der Waals surface area contributed by atoms with Crippen LogP contribution in [0, 0.1) is 5.92 Å². The second-order valence-corrected chi connectivity index (χ2v) is 7.52. The summed E-state index contributed by atoms with van der Waals surface area (Å²) in [5, 5.41) is 6.35. The highest BCUT2D eigenvalue weighted by Crippen LogP contribution is 2.24. The van der Waals surface area contributed by atoms with Crippen molar-refractivity contribution in [2.45, 2.75) is 13.8 Å². The van der Waals surface area contributed by atoms with Gasteiger partial charge in [0.1, 0.15) is 5.75 Å². The lowest BCUT2D eigenvalue weighted by Gasteiger charge is -2.14. The van der Waals surface area contributed by atoms with Crippen LogP contribution < -0.4 is 15.4 Å². The van der Waals surface area contributed by atoms with Crippen LogP contribution in [0.1, 0.15) is 24.2 Å². The summed E-state index contributed by atoms with van der Waals surface area (Å²) in [7, 11) is 0. The molecule has 0 unspecified atom stereocenters. The maximum absolute atomic E-state index is 12.6. The van der Waals surface area contributed by atoms with Gasteiger partial charge in [-0.2, -0.15) is 0 Å². The molecule has 7 heteroatoms. The molecule has 0 bridgehead atoms. The molecule has 0 spiro atoms. The van der Waals surface area contributed by atoms with E-state index in [4.69, 9.17) is 28.6 Å². The Morgan fingerprint density at radius 2 is 2.04 bits per heavy atom. The SMILES string of the molecule is CC(C)COc1ccc(Br)cc1C(=O)NC(=S)Nc1cccc(Cl)c1. The molecule has 2 aromatic carbocycles. The predicted molar refractivity (Wildman–Crippen MR) is 110 cm³/mol. The first-order chi connectivity index (χ1) is 11.8. The molecule has 25 heavy (non-hydrogen) atoms. The number of anilines is 1. The largest absolute Gasteiger partial charge is 0.492 e. The van der Waals surface area contributed by atoms with Gasteiger partial charge in [0.05, 0.1) is 12.2 Å². The van der Waals surface area contributed by atoms with E-state index in [0.717, 1.165) is 4.47 Å². The molecular formula is C18H18BrClN2O2S. The Balaban J connectivity index is 2.08. The molecule has 0 aliphatic heterocycles. The lowest BCUT2D eigenvalue weighted by atomic mass is 10.2. The van der Waals surface area contributed by atoms with Gasteiger partial charge in [-0.25, -0.2) is 0 Å². The lowest BCUT2D eigenvalue weighted by Crippen LogP contribution is -2.34. The van der Waals surface area contributed by atoms with Crippen LogP contribution in [0.5, 0.6) is 5.75 Å². The van der Waals surface area contributed by atoms with Crippen LogP contribution in [0.3, 0.4) is 0 Å². The van der Waals surface area contributed by atoms with E-state index in [1.54, 1.807) is 36.4 Å². The maximum atomic E-state index is 12.6. The number of rotatable bonds is 5. The Kier molecular flexibility index (Phi) is 7.23. The molecule has 2 N–H and O–H groups in total. The molecule has 0 atom stereocenters. The fourth-order valence-corrected chi connectivity index (χ4v) is 2.72. The van der Waals surface area contributed by atoms with Gasteiger partial charge in [0.15, 0.2) is 5.11 Å². The van der Waals surface area contributed by atoms with E-state index in [0.29, 0.717) is 34.5 Å². The van der Waals surface area contributed by atoms with Crippen LogP contribution in [0.25, 0.3) is 0 Å². The summed E-state index contributed by atoms with van der Waals surface area (Å²) in [5.74, 6) is 0.518. The lowest BCUT2D eigenvalue weighted by molar-refractivity contribution is 0.0973. The van der Waals surface area contributed by atoms with Crippen LogP contribution in [-0.4, -0.2) is 17.6 Å². The average molecular weight is 442 g/mol. The van der Waals surface area contributed by atoms with E-state index in [1.807, 2.05) is 19.9 Å². The van der Waals surface area contributed by atoms with Crippen molar-refractivity contribution in [2.24, 2.45) is 5.92 Å². The fraction of sp³-hybridized carbons (Fsp3) is 0.222. The monoisotopic (exact) mass is 440 g/mol. The number of halogens is 2. The van der Waals surface area contributed by atoms with Gasteiger partial charge in [-0.1, -0.05) is 47.4 Å². The Bertz CT molecular complexity index is 783. The molecule has 0 aromatic heterocycles. The van der Waals surface area contributed by atoms with E-state index in [9.17, 15) is 4.79 Å². The molecule has 2 rings (SSSR count). The molecule has 0 saturated heterocycles. The van der Waals surface area contributed by atoms with Gasteiger partial charge in [-0.3, -0.25) is 10.1 Å². The standard InChI is InChI=1S/C18H18BrClN2O2S/c1-11(2)10-24-16-7-6-12(19)8-15(16)17(23)22-18(25)21-14-5-3-4-13(20)9-14/h3-9,11H,10H2,1-2H3,(H2,21,22,23,25). The molecule has 2 aromatic rings. The van der Waals surface area contributed by atoms with Crippen molar-refractivity contribution in [3.8, 4) is 5.75 Å². The highest BCUT2D eigenvalue weighted by atomic mass is 79.9. The van der Waals surface area contributed by atoms with Crippen molar-refractivity contribution >= 4 is 56.5 Å². The molecule has 0 aliphatic carbocycles. The van der Waals surface area contributed by atoms with Crippen LogP contribution in [0.2, 0.25) is 5.02 Å². The third kappa shape index (κ3) is 6.30. The highest BCUT2D eigenvalue weighted by Gasteiger charge is 2.15. The third-order valence-corrected chi connectivity index (χ3v) is 4.00. The molecule has 4 nitrogen and oxygen atoms in total. The minimum Gasteiger partial charge on any atom is -0.492 e. The fourth-order valence-electron chi connectivity index (χ4n) is 1.96. The molecule has 1 amide bonds. The van der Waals surface area contributed by atoms with Gasteiger partial charge in [0, 0.05) is 15.2 Å². The number of benzene rings is 2. The molecule has 0 fully saturated rings. The number of amides is 1. The van der Waals surface area contributed by atoms with Gasteiger partial charge in [0.2, 0.25) is 0 Å². The minimum atomic E-state index is -0.348. The number of ether oxygens (including phenoxy) is 1. The smallest absolute Gasteiger partial charge is 0.261 e. The summed E-state index contributed by atoms with van der Waals surface area (Å²) in [4.78, 5) is 12.6. The van der Waals surface area contributed by atoms with E-state index in [-0.39, 0.29) is 11.0 Å². The zero-order chi connectivity index (χ0) is 18.4. The van der Waals surface area contributed by atoms with Crippen molar-refractivity contribution in [1.82, 2.24) is 5.32 Å². The van der Waals surface area contributed by atoms with Gasteiger partial charge in [-0.05, 0) is 54.5 Å². The zero-order valence-electron chi connectivity index (χ0n) is 13.8. The summed E-state index contributed by atoms with van der Waals surface area (Å²) in [6.07, 6.45) is 0. The first-order valence-corrected chi connectivity index (χ1v) is 9.23. The first-order valence-electron chi connectivity index (χ1n) is 7.65. The number of carbonyl (C=O) groups excluding carboxylic acids is 1. The summed E-state index contributed by atoms with van der Waals surface area (Å²) < 4.78 is 6.51. The van der Waals surface area contributed by atoms with Crippen molar-refractivity contribution in [2.75, 3.05) is 11.9 Å². The normalized spacial score (nSPS) is 10.4. The molecule has 0 aliphatic rings. The summed E-state index contributed by atoms with van der Waals surface area (Å²) in [6.45, 7) is 4.61. The van der Waals surface area contributed by atoms with Crippen molar-refractivity contribution in [3.63, 3.8) is 0 Å². The highest BCUT2D eigenvalue weighted by molar-refractivity contribution is 9.10. The second kappa shape index (κ2) is 9.17. The van der Waals surface area contributed by atoms with E-state index < -0.39 is 0 Å². The summed E-state index contributed by atoms with van der Waals surface area (Å²) in [5.41, 5.74) is 1.11. The maximum Gasteiger partial charge on any atom is 0.261 e. The summed E-state index contributed by atoms with van der Waals surface area (Å²) in [6, 6.07) is 12.4. The van der Waals surface area contributed by atoms with Gasteiger partial charge in [-0.15, -0.1) is 0 Å². The van der Waals surface area contributed by atoms with Crippen LogP contribution in [0.4, 0.5) is 5.69 Å². The number of thiocarbonyl (C=S) groups is 1. The van der Waals surface area contributed by atoms with Crippen molar-refractivity contribution < 1.29 is 9.53 Å². The number of hydrogen-bond donors (Lipinski definition) is 2. The van der Waals surface area contributed by atoms with E-state index in [2.05, 4.69) is 26.6 Å². The molecular weight excluding hydrogens is 424 g/mol. The van der Waals surface area contributed by atoms with Crippen molar-refractivity contribution in [1.29, 1.82) is 0 Å². The topological polar surface area (TPSA) is 50.4 Å². The van der Waals surface area contributed by atoms with Crippen molar-refractivity contribution in [3.05, 3.63) is 57.5 Å². The molecule has 0 radical (unpaired) electrons.